The quantitative estimate of drug-likeness (QED) is 0.308. The first-order chi connectivity index (χ1) is 4.22. The lowest BCUT2D eigenvalue weighted by atomic mass is 10.2. The van der Waals surface area contributed by atoms with Crippen LogP contribution in [0.4, 0.5) is 0 Å². The third-order valence-electron chi connectivity index (χ3n) is 0.623. The molecule has 0 atom stereocenters. The molecule has 0 aliphatic heterocycles. The molecule has 0 saturated heterocycles. The highest BCUT2D eigenvalue weighted by molar-refractivity contribution is 4.41. The summed E-state index contributed by atoms with van der Waals surface area (Å²) >= 11 is 0. The minimum atomic E-state index is 0.0463. The smallest absolute Gasteiger partial charge is 0.0478 e. The fourth-order valence-corrected chi connectivity index (χ4v) is 0.0577. The summed E-state index contributed by atoms with van der Waals surface area (Å²) in [6.45, 7) is 1.94. The Morgan fingerprint density at radius 3 is 1.44 bits per heavy atom. The second-order valence-corrected chi connectivity index (χ2v) is 1.55. The Kier molecular flexibility index (Phi) is 13.8. The molecule has 58 valence electrons. The van der Waals surface area contributed by atoms with Crippen LogP contribution in [-0.2, 0) is 5.04 Å². The normalized spacial score (nSPS) is 8.67. The van der Waals surface area contributed by atoms with Crippen LogP contribution in [0.5, 0.6) is 0 Å². The molecule has 0 spiro atoms. The highest BCUT2D eigenvalue weighted by Gasteiger charge is 1.91. The number of aliphatic hydroxyl groups is 2. The van der Waals surface area contributed by atoms with Gasteiger partial charge in [0.2, 0.25) is 0 Å². The maximum Gasteiger partial charge on any atom is 0.0478 e. The Morgan fingerprint density at radius 1 is 1.22 bits per heavy atom. The van der Waals surface area contributed by atoms with E-state index in [1.165, 1.54) is 0 Å². The summed E-state index contributed by atoms with van der Waals surface area (Å²) in [5.41, 5.74) is 0. The Morgan fingerprint density at radius 2 is 1.44 bits per heavy atom. The van der Waals surface area contributed by atoms with Crippen LogP contribution in [-0.4, -0.2) is 33.9 Å². The van der Waals surface area contributed by atoms with E-state index < -0.39 is 0 Å². The van der Waals surface area contributed by atoms with Crippen LogP contribution < -0.4 is 0 Å². The predicted molar refractivity (Wildman–Crippen MR) is 29.7 cm³/mol. The van der Waals surface area contributed by atoms with E-state index in [0.717, 1.165) is 0 Å². The van der Waals surface area contributed by atoms with Gasteiger partial charge in [0, 0.05) is 19.1 Å². The zero-order valence-corrected chi connectivity index (χ0v) is 5.19. The molecule has 0 aromatic rings. The van der Waals surface area contributed by atoms with E-state index >= 15 is 0 Å². The van der Waals surface area contributed by atoms with Crippen molar-refractivity contribution in [3.05, 3.63) is 0 Å². The lowest BCUT2D eigenvalue weighted by Gasteiger charge is -1.97. The minimum Gasteiger partial charge on any atom is -0.396 e. The fourth-order valence-electron chi connectivity index (χ4n) is 0.0577. The number of hydrogen-bond donors (Lipinski definition) is 4. The van der Waals surface area contributed by atoms with Gasteiger partial charge in [-0.3, -0.25) is 0 Å². The van der Waals surface area contributed by atoms with Crippen molar-refractivity contribution in [1.29, 1.82) is 0 Å². The molecule has 0 aromatic heterocycles. The Bertz CT molecular complexity index is 35.9. The summed E-state index contributed by atoms with van der Waals surface area (Å²) in [4.78, 5) is 0. The Hall–Kier alpha value is -0.200. The van der Waals surface area contributed by atoms with Crippen molar-refractivity contribution in [2.75, 3.05) is 13.2 Å². The number of rotatable bonds is 2. The van der Waals surface area contributed by atoms with Crippen LogP contribution in [0.25, 0.3) is 0 Å². The largest absolute Gasteiger partial charge is 0.396 e. The topological polar surface area (TPSA) is 90.2 Å². The molecule has 0 radical (unpaired) electrons. The molecule has 5 nitrogen and oxygen atoms in total. The summed E-state index contributed by atoms with van der Waals surface area (Å²) in [5, 5.41) is 31.8. The molecule has 0 bridgehead atoms. The zero-order chi connectivity index (χ0) is 7.70. The van der Waals surface area contributed by atoms with E-state index in [1.54, 1.807) is 6.92 Å². The predicted octanol–water partition coefficient (Wildman–Crippen LogP) is -0.444. The van der Waals surface area contributed by atoms with Gasteiger partial charge in [-0.1, -0.05) is 12.0 Å². The Labute approximate surface area is 53.0 Å². The third-order valence-corrected chi connectivity index (χ3v) is 0.623. The van der Waals surface area contributed by atoms with Gasteiger partial charge in [-0.25, -0.2) is 10.5 Å². The second kappa shape index (κ2) is 10.7. The summed E-state index contributed by atoms with van der Waals surface area (Å²) < 4.78 is 0. The molecule has 4 N–H and O–H groups in total. The van der Waals surface area contributed by atoms with Crippen LogP contribution in [0, 0.1) is 5.92 Å². The molecular formula is C4H12O5. The lowest BCUT2D eigenvalue weighted by molar-refractivity contribution is -0.465. The van der Waals surface area contributed by atoms with Crippen molar-refractivity contribution in [3.8, 4) is 0 Å². The molecule has 0 rings (SSSR count). The molecule has 0 aromatic carbocycles. The van der Waals surface area contributed by atoms with Gasteiger partial charge in [0.25, 0.3) is 0 Å². The van der Waals surface area contributed by atoms with E-state index in [4.69, 9.17) is 20.7 Å². The molecule has 9 heavy (non-hydrogen) atoms. The van der Waals surface area contributed by atoms with E-state index in [1.807, 2.05) is 0 Å². The lowest BCUT2D eigenvalue weighted by Crippen LogP contribution is -2.04. The van der Waals surface area contributed by atoms with Crippen molar-refractivity contribution >= 4 is 0 Å². The standard InChI is InChI=1S/C4H10O2.H2O3/c1-4(2-5)3-6;1-3-2/h4-6H,2-3H2,1H3;1-2H. The van der Waals surface area contributed by atoms with Crippen LogP contribution in [0.3, 0.4) is 0 Å². The van der Waals surface area contributed by atoms with Crippen molar-refractivity contribution in [2.24, 2.45) is 5.92 Å². The van der Waals surface area contributed by atoms with Crippen LogP contribution in [0.15, 0.2) is 0 Å². The fraction of sp³-hybridized carbons (Fsp3) is 1.00. The van der Waals surface area contributed by atoms with Crippen molar-refractivity contribution < 1.29 is 25.8 Å². The molecule has 0 amide bonds. The molecule has 0 aliphatic carbocycles. The summed E-state index contributed by atoms with van der Waals surface area (Å²) in [7, 11) is 0. The maximum atomic E-state index is 8.17. The van der Waals surface area contributed by atoms with Crippen molar-refractivity contribution in [1.82, 2.24) is 0 Å². The maximum absolute atomic E-state index is 8.17. The first-order valence-corrected chi connectivity index (χ1v) is 2.39. The van der Waals surface area contributed by atoms with Gasteiger partial charge in [-0.05, 0) is 0 Å². The summed E-state index contributed by atoms with van der Waals surface area (Å²) in [6, 6.07) is 0. The van der Waals surface area contributed by atoms with Crippen LogP contribution in [0.1, 0.15) is 6.92 Å². The summed E-state index contributed by atoms with van der Waals surface area (Å²) in [6.07, 6.45) is 0. The highest BCUT2D eigenvalue weighted by atomic mass is 17.4. The molecule has 0 unspecified atom stereocenters. The van der Waals surface area contributed by atoms with E-state index in [0.29, 0.717) is 0 Å². The van der Waals surface area contributed by atoms with E-state index in [9.17, 15) is 0 Å². The second-order valence-electron chi connectivity index (χ2n) is 1.55. The average Bonchev–Trinajstić information content (AvgIpc) is 1.88. The van der Waals surface area contributed by atoms with Gasteiger partial charge in [0.05, 0.1) is 0 Å². The van der Waals surface area contributed by atoms with Crippen molar-refractivity contribution in [2.45, 2.75) is 6.92 Å². The number of aliphatic hydroxyl groups excluding tert-OH is 2. The molecular weight excluding hydrogens is 128 g/mol. The number of hydrogen-bond acceptors (Lipinski definition) is 5. The minimum absolute atomic E-state index is 0.0463. The van der Waals surface area contributed by atoms with Gasteiger partial charge >= 0.3 is 0 Å². The molecule has 0 saturated carbocycles. The zero-order valence-electron chi connectivity index (χ0n) is 5.19. The van der Waals surface area contributed by atoms with E-state index in [2.05, 4.69) is 5.04 Å². The van der Waals surface area contributed by atoms with Gasteiger partial charge in [-0.15, -0.1) is 0 Å². The third kappa shape index (κ3) is 18.2. The summed E-state index contributed by atoms with van der Waals surface area (Å²) in [5.74, 6) is 0.0463. The van der Waals surface area contributed by atoms with Gasteiger partial charge < -0.3 is 10.2 Å². The molecule has 0 fully saturated rings. The molecule has 0 aliphatic rings. The first kappa shape index (κ1) is 11.6. The first-order valence-electron chi connectivity index (χ1n) is 2.39. The van der Waals surface area contributed by atoms with Crippen LogP contribution >= 0.6 is 0 Å². The SMILES string of the molecule is CC(CO)CO.OOO. The van der Waals surface area contributed by atoms with Gasteiger partial charge in [-0.2, -0.15) is 0 Å². The Balaban J connectivity index is 0. The molecule has 0 heterocycles. The van der Waals surface area contributed by atoms with Gasteiger partial charge in [0.15, 0.2) is 0 Å². The van der Waals surface area contributed by atoms with E-state index in [-0.39, 0.29) is 19.1 Å². The van der Waals surface area contributed by atoms with Gasteiger partial charge in [0.1, 0.15) is 0 Å². The monoisotopic (exact) mass is 140 g/mol. The van der Waals surface area contributed by atoms with Crippen LogP contribution in [0.2, 0.25) is 0 Å². The highest BCUT2D eigenvalue weighted by Crippen LogP contribution is 1.85. The average molecular weight is 140 g/mol. The van der Waals surface area contributed by atoms with Crippen molar-refractivity contribution in [3.63, 3.8) is 0 Å². The molecule has 5 heteroatoms.